The first kappa shape index (κ1) is 38.9. The Morgan fingerprint density at radius 3 is 1.83 bits per heavy atom. The number of aromatic hydroxyl groups is 1. The number of ketones is 2. The normalized spacial score (nSPS) is 15.4. The van der Waals surface area contributed by atoms with E-state index in [2.05, 4.69) is 13.8 Å². The lowest BCUT2D eigenvalue weighted by Crippen LogP contribution is -2.51. The number of fused-ring (bicyclic) bond motifs is 1. The van der Waals surface area contributed by atoms with Crippen LogP contribution in [0.4, 0.5) is 0 Å². The fraction of sp³-hybridized carbons (Fsp3) is 0.432. The molecule has 0 saturated heterocycles. The number of aryl methyl sites for hydroxylation is 4. The third-order valence-electron chi connectivity index (χ3n) is 8.41. The topological polar surface area (TPSA) is 177 Å². The minimum Gasteiger partial charge on any atom is -0.507 e. The number of nitrogens with two attached hydrogens (primary N) is 1. The number of carbonyl (C=O) groups excluding carboxylic acids is 3. The molecule has 47 heavy (non-hydrogen) atoms. The summed E-state index contributed by atoms with van der Waals surface area (Å²) in [6.45, 7) is 6.43. The molecule has 0 unspecified atom stereocenters. The fourth-order valence-corrected chi connectivity index (χ4v) is 5.69. The monoisotopic (exact) mass is 651 g/mol. The lowest BCUT2D eigenvalue weighted by molar-refractivity contribution is -0.153. The van der Waals surface area contributed by atoms with E-state index in [-0.39, 0.29) is 43.3 Å². The van der Waals surface area contributed by atoms with E-state index in [0.717, 1.165) is 22.6 Å². The second-order valence-corrected chi connectivity index (χ2v) is 12.0. The highest BCUT2D eigenvalue weighted by molar-refractivity contribution is 6.02. The Hall–Kier alpha value is -4.25. The van der Waals surface area contributed by atoms with Crippen LogP contribution in [0.2, 0.25) is 0 Å². The zero-order valence-corrected chi connectivity index (χ0v) is 28.2. The van der Waals surface area contributed by atoms with Crippen LogP contribution in [0, 0.1) is 39.5 Å². The highest BCUT2D eigenvalue weighted by atomic mass is 16.5. The molecule has 0 radical (unpaired) electrons. The average Bonchev–Trinajstić information content (AvgIpc) is 3.04. The summed E-state index contributed by atoms with van der Waals surface area (Å²) >= 11 is 0. The maximum Gasteiger partial charge on any atom is 0.224 e. The van der Waals surface area contributed by atoms with E-state index < -0.39 is 36.2 Å². The molecule has 10 nitrogen and oxygen atoms in total. The maximum absolute atomic E-state index is 12.7. The summed E-state index contributed by atoms with van der Waals surface area (Å²) in [5.74, 6) is -1.36. The molecule has 1 aliphatic rings. The van der Waals surface area contributed by atoms with E-state index in [1.54, 1.807) is 27.2 Å². The molecule has 0 bridgehead atoms. The number of carbonyl (C=O) groups is 3. The van der Waals surface area contributed by atoms with Crippen molar-refractivity contribution < 1.29 is 44.3 Å². The zero-order valence-electron chi connectivity index (χ0n) is 28.2. The van der Waals surface area contributed by atoms with Crippen LogP contribution >= 0.6 is 0 Å². The predicted octanol–water partition coefficient (Wildman–Crippen LogP) is 4.32. The van der Waals surface area contributed by atoms with Crippen molar-refractivity contribution in [3.63, 3.8) is 0 Å². The van der Waals surface area contributed by atoms with Gasteiger partial charge in [0.15, 0.2) is 11.6 Å². The standard InChI is InChI=1S/C21H29NO7.2C8H10O/c1-11-5-12(2)20(28)19-15(11)7-13(8-16(19)25)6-14(3-4-23)21(29,10-24)17(26)9-18(22)27;2*1-7-3-5-8(9-2)6-4-7/h5,13-14,23-24,28-29H,3-4,6-10H2,1-2H3,(H2,22,27);2*3-6H,1-2H3/t13-,14-,21-;;/m1../s1. The average molecular weight is 652 g/mol. The van der Waals surface area contributed by atoms with Crippen LogP contribution in [0.15, 0.2) is 54.6 Å². The molecule has 3 aromatic carbocycles. The van der Waals surface area contributed by atoms with Gasteiger partial charge in [0.1, 0.15) is 22.8 Å². The number of benzene rings is 3. The fourth-order valence-electron chi connectivity index (χ4n) is 5.69. The Balaban J connectivity index is 0.000000342. The first-order valence-electron chi connectivity index (χ1n) is 15.5. The second-order valence-electron chi connectivity index (χ2n) is 12.0. The summed E-state index contributed by atoms with van der Waals surface area (Å²) < 4.78 is 9.94. The third-order valence-corrected chi connectivity index (χ3v) is 8.41. The van der Waals surface area contributed by atoms with Gasteiger partial charge >= 0.3 is 0 Å². The Morgan fingerprint density at radius 2 is 1.40 bits per heavy atom. The van der Waals surface area contributed by atoms with Gasteiger partial charge in [-0.05, 0) is 99.7 Å². The van der Waals surface area contributed by atoms with Gasteiger partial charge in [0.05, 0.1) is 32.8 Å². The molecule has 4 rings (SSSR count). The van der Waals surface area contributed by atoms with E-state index in [4.69, 9.17) is 15.2 Å². The Kier molecular flexibility index (Phi) is 15.1. The maximum atomic E-state index is 12.7. The number of amides is 1. The number of hydrogen-bond acceptors (Lipinski definition) is 9. The molecule has 6 N–H and O–H groups in total. The summed E-state index contributed by atoms with van der Waals surface area (Å²) in [7, 11) is 3.34. The van der Waals surface area contributed by atoms with Crippen LogP contribution in [0.5, 0.6) is 17.2 Å². The van der Waals surface area contributed by atoms with E-state index in [9.17, 15) is 34.8 Å². The quantitative estimate of drug-likeness (QED) is 0.189. The van der Waals surface area contributed by atoms with Gasteiger partial charge in [0.2, 0.25) is 5.91 Å². The van der Waals surface area contributed by atoms with Gasteiger partial charge in [-0.3, -0.25) is 14.4 Å². The van der Waals surface area contributed by atoms with Crippen LogP contribution in [0.1, 0.15) is 63.9 Å². The molecule has 0 saturated carbocycles. The van der Waals surface area contributed by atoms with Gasteiger partial charge in [-0.2, -0.15) is 0 Å². The van der Waals surface area contributed by atoms with E-state index >= 15 is 0 Å². The van der Waals surface area contributed by atoms with Crippen LogP contribution < -0.4 is 15.2 Å². The van der Waals surface area contributed by atoms with Crippen LogP contribution in [-0.4, -0.2) is 70.9 Å². The van der Waals surface area contributed by atoms with E-state index in [1.807, 2.05) is 55.5 Å². The van der Waals surface area contributed by atoms with Gasteiger partial charge < -0.3 is 35.6 Å². The van der Waals surface area contributed by atoms with Crippen LogP contribution in [0.3, 0.4) is 0 Å². The highest BCUT2D eigenvalue weighted by Crippen LogP contribution is 2.40. The van der Waals surface area contributed by atoms with Crippen molar-refractivity contribution in [1.29, 1.82) is 0 Å². The lowest BCUT2D eigenvalue weighted by atomic mass is 9.71. The van der Waals surface area contributed by atoms with Crippen molar-refractivity contribution in [2.24, 2.45) is 17.6 Å². The van der Waals surface area contributed by atoms with Crippen LogP contribution in [0.25, 0.3) is 0 Å². The molecule has 1 amide bonds. The van der Waals surface area contributed by atoms with Crippen molar-refractivity contribution in [3.05, 3.63) is 88.0 Å². The van der Waals surface area contributed by atoms with Gasteiger partial charge in [-0.1, -0.05) is 41.5 Å². The molecule has 256 valence electrons. The Labute approximate surface area is 277 Å². The van der Waals surface area contributed by atoms with E-state index in [0.29, 0.717) is 17.5 Å². The number of aliphatic hydroxyl groups excluding tert-OH is 2. The molecule has 3 atom stereocenters. The summed E-state index contributed by atoms with van der Waals surface area (Å²) in [4.78, 5) is 36.2. The molecule has 0 heterocycles. The van der Waals surface area contributed by atoms with Crippen LogP contribution in [-0.2, 0) is 16.0 Å². The number of phenols is 1. The molecule has 10 heteroatoms. The predicted molar refractivity (Wildman–Crippen MR) is 180 cm³/mol. The Bertz CT molecular complexity index is 1440. The summed E-state index contributed by atoms with van der Waals surface area (Å²) in [6.07, 6.45) is 0.0292. The lowest BCUT2D eigenvalue weighted by Gasteiger charge is -2.36. The largest absolute Gasteiger partial charge is 0.507 e. The molecule has 3 aromatic rings. The first-order valence-corrected chi connectivity index (χ1v) is 15.5. The molecule has 0 aliphatic heterocycles. The molecule has 1 aliphatic carbocycles. The minimum atomic E-state index is -2.23. The number of rotatable bonds is 11. The smallest absolute Gasteiger partial charge is 0.224 e. The molecular weight excluding hydrogens is 602 g/mol. The van der Waals surface area contributed by atoms with Crippen molar-refractivity contribution in [2.75, 3.05) is 27.4 Å². The number of primary amides is 1. The molecule has 0 fully saturated rings. The Morgan fingerprint density at radius 1 is 0.894 bits per heavy atom. The number of aliphatic hydroxyl groups is 3. The SMILES string of the molecule is COc1ccc(C)cc1.COc1ccc(C)cc1.Cc1cc(C)c2c(c1O)C(=O)C[C@H](C[C@@H](CCO)[C@](O)(CO)C(=O)CC(N)=O)C2. The van der Waals surface area contributed by atoms with Gasteiger partial charge in [0, 0.05) is 13.0 Å². The third kappa shape index (κ3) is 10.9. The molecule has 0 spiro atoms. The number of hydrogen-bond donors (Lipinski definition) is 5. The van der Waals surface area contributed by atoms with Gasteiger partial charge in [0.25, 0.3) is 0 Å². The minimum absolute atomic E-state index is 0.0112. The van der Waals surface area contributed by atoms with Crippen molar-refractivity contribution >= 4 is 17.5 Å². The summed E-state index contributed by atoms with van der Waals surface area (Å²) in [5, 5.41) is 40.2. The second kappa shape index (κ2) is 18.2. The zero-order chi connectivity index (χ0) is 35.3. The first-order chi connectivity index (χ1) is 22.2. The summed E-state index contributed by atoms with van der Waals surface area (Å²) in [5.41, 5.74) is 7.88. The van der Waals surface area contributed by atoms with E-state index in [1.165, 1.54) is 11.1 Å². The number of Topliss-reactive ketones (excluding diaryl/α,β-unsaturated/α-hetero) is 2. The highest BCUT2D eigenvalue weighted by Gasteiger charge is 2.44. The van der Waals surface area contributed by atoms with Gasteiger partial charge in [-0.25, -0.2) is 0 Å². The van der Waals surface area contributed by atoms with Crippen molar-refractivity contribution in [1.82, 2.24) is 0 Å². The molecular formula is C37H49NO9. The molecule has 0 aromatic heterocycles. The number of methoxy groups -OCH3 is 2. The number of ether oxygens (including phenoxy) is 2. The van der Waals surface area contributed by atoms with Crippen molar-refractivity contribution in [2.45, 2.75) is 65.4 Å². The van der Waals surface area contributed by atoms with Gasteiger partial charge in [-0.15, -0.1) is 0 Å². The summed E-state index contributed by atoms with van der Waals surface area (Å²) in [6, 6.07) is 17.7. The van der Waals surface area contributed by atoms with Crippen molar-refractivity contribution in [3.8, 4) is 17.2 Å². The number of phenolic OH excluding ortho intramolecular Hbond substituents is 1.